The van der Waals surface area contributed by atoms with Crippen LogP contribution in [0.2, 0.25) is 0 Å². The fourth-order valence-corrected chi connectivity index (χ4v) is 2.97. The van der Waals surface area contributed by atoms with E-state index < -0.39 is 22.8 Å². The van der Waals surface area contributed by atoms with Crippen LogP contribution in [0.1, 0.15) is 39.9 Å². The van der Waals surface area contributed by atoms with E-state index in [0.29, 0.717) is 17.5 Å². The number of carbonyl (C=O) groups is 2. The largest absolute Gasteiger partial charge is 0.481 e. The Morgan fingerprint density at radius 1 is 1.15 bits per heavy atom. The third kappa shape index (κ3) is 5.64. The Balaban J connectivity index is 2.23. The third-order valence-electron chi connectivity index (χ3n) is 4.35. The minimum Gasteiger partial charge on any atom is -0.481 e. The normalized spacial score (nSPS) is 11.6. The summed E-state index contributed by atoms with van der Waals surface area (Å²) in [7, 11) is 0. The van der Waals surface area contributed by atoms with Crippen molar-refractivity contribution in [3.05, 3.63) is 74.8 Å². The van der Waals surface area contributed by atoms with Crippen LogP contribution >= 0.6 is 0 Å². The average molecular weight is 370 g/mol. The van der Waals surface area contributed by atoms with Crippen molar-refractivity contribution in [2.45, 2.75) is 39.2 Å². The number of carbonyl (C=O) groups excluding carboxylic acids is 1. The number of nitro groups is 1. The van der Waals surface area contributed by atoms with Gasteiger partial charge in [0.1, 0.15) is 0 Å². The van der Waals surface area contributed by atoms with Crippen LogP contribution in [0.25, 0.3) is 0 Å². The van der Waals surface area contributed by atoms with Gasteiger partial charge in [-0.15, -0.1) is 0 Å². The molecular formula is C20H22N2O5. The van der Waals surface area contributed by atoms with Crippen LogP contribution in [0.15, 0.2) is 42.5 Å². The maximum absolute atomic E-state index is 12.7. The predicted molar refractivity (Wildman–Crippen MR) is 101 cm³/mol. The van der Waals surface area contributed by atoms with E-state index in [1.807, 2.05) is 30.3 Å². The molecule has 7 nitrogen and oxygen atoms in total. The molecule has 0 fully saturated rings. The lowest BCUT2D eigenvalue weighted by Gasteiger charge is -2.19. The number of carboxylic acid groups (broad SMARTS) is 1. The van der Waals surface area contributed by atoms with Crippen molar-refractivity contribution in [2.75, 3.05) is 0 Å². The van der Waals surface area contributed by atoms with E-state index in [1.165, 1.54) is 6.07 Å². The first kappa shape index (κ1) is 20.1. The summed E-state index contributed by atoms with van der Waals surface area (Å²) >= 11 is 0. The topological polar surface area (TPSA) is 110 Å². The van der Waals surface area contributed by atoms with Gasteiger partial charge in [0.15, 0.2) is 0 Å². The van der Waals surface area contributed by atoms with Crippen LogP contribution in [0, 0.1) is 24.0 Å². The monoisotopic (exact) mass is 370 g/mol. The maximum atomic E-state index is 12.7. The lowest BCUT2D eigenvalue weighted by atomic mass is 9.99. The molecule has 7 heteroatoms. The molecule has 142 valence electrons. The van der Waals surface area contributed by atoms with E-state index in [-0.39, 0.29) is 24.1 Å². The zero-order valence-electron chi connectivity index (χ0n) is 15.3. The number of carboxylic acids is 1. The highest BCUT2D eigenvalue weighted by molar-refractivity contribution is 5.96. The SMILES string of the molecule is Cc1cc(C)c([N+](=O)[O-])cc1C(=O)NC(CCC(=O)O)Cc1ccccc1. The molecule has 0 saturated heterocycles. The van der Waals surface area contributed by atoms with Crippen molar-refractivity contribution in [1.82, 2.24) is 5.32 Å². The van der Waals surface area contributed by atoms with Crippen molar-refractivity contribution in [2.24, 2.45) is 0 Å². The van der Waals surface area contributed by atoms with Gasteiger partial charge in [-0.05, 0) is 43.9 Å². The molecule has 0 aliphatic heterocycles. The summed E-state index contributed by atoms with van der Waals surface area (Å²) < 4.78 is 0. The Hall–Kier alpha value is -3.22. The number of nitrogens with zero attached hydrogens (tertiary/aromatic N) is 1. The molecule has 1 unspecified atom stereocenters. The number of aliphatic carboxylic acids is 1. The Morgan fingerprint density at radius 2 is 1.81 bits per heavy atom. The standard InChI is InChI=1S/C20H22N2O5/c1-13-10-14(2)18(22(26)27)12-17(13)20(25)21-16(8-9-19(23)24)11-15-6-4-3-5-7-15/h3-7,10,12,16H,8-9,11H2,1-2H3,(H,21,25)(H,23,24). The van der Waals surface area contributed by atoms with E-state index in [9.17, 15) is 19.7 Å². The van der Waals surface area contributed by atoms with Crippen LogP contribution in [0.4, 0.5) is 5.69 Å². The molecule has 0 bridgehead atoms. The van der Waals surface area contributed by atoms with Gasteiger partial charge in [-0.3, -0.25) is 19.7 Å². The summed E-state index contributed by atoms with van der Waals surface area (Å²) in [5.41, 5.74) is 2.20. The molecule has 2 N–H and O–H groups in total. The molecule has 27 heavy (non-hydrogen) atoms. The number of hydrogen-bond acceptors (Lipinski definition) is 4. The molecule has 0 aliphatic carbocycles. The van der Waals surface area contributed by atoms with Crippen molar-refractivity contribution in [1.29, 1.82) is 0 Å². The Kier molecular flexibility index (Phi) is 6.65. The summed E-state index contributed by atoms with van der Waals surface area (Å²) in [5.74, 6) is -1.38. The van der Waals surface area contributed by atoms with Gasteiger partial charge in [-0.2, -0.15) is 0 Å². The van der Waals surface area contributed by atoms with Crippen molar-refractivity contribution in [3.63, 3.8) is 0 Å². The van der Waals surface area contributed by atoms with Gasteiger partial charge in [-0.1, -0.05) is 30.3 Å². The van der Waals surface area contributed by atoms with E-state index in [4.69, 9.17) is 5.11 Å². The van der Waals surface area contributed by atoms with Gasteiger partial charge in [-0.25, -0.2) is 0 Å². The Bertz CT molecular complexity index is 849. The highest BCUT2D eigenvalue weighted by Crippen LogP contribution is 2.23. The van der Waals surface area contributed by atoms with Crippen LogP contribution in [-0.2, 0) is 11.2 Å². The molecular weight excluding hydrogens is 348 g/mol. The van der Waals surface area contributed by atoms with Crippen molar-refractivity contribution in [3.8, 4) is 0 Å². The first-order chi connectivity index (χ1) is 12.8. The van der Waals surface area contributed by atoms with Crippen LogP contribution in [0.3, 0.4) is 0 Å². The highest BCUT2D eigenvalue weighted by Gasteiger charge is 2.21. The molecule has 2 aromatic rings. The number of benzene rings is 2. The summed E-state index contributed by atoms with van der Waals surface area (Å²) in [6.45, 7) is 3.34. The number of nitrogens with one attached hydrogen (secondary N) is 1. The Labute approximate surface area is 157 Å². The molecule has 2 rings (SSSR count). The molecule has 2 aromatic carbocycles. The van der Waals surface area contributed by atoms with Crippen molar-refractivity contribution < 1.29 is 19.6 Å². The zero-order chi connectivity index (χ0) is 20.0. The molecule has 0 spiro atoms. The fourth-order valence-electron chi connectivity index (χ4n) is 2.97. The van der Waals surface area contributed by atoms with E-state index in [2.05, 4.69) is 5.32 Å². The minimum absolute atomic E-state index is 0.0786. The molecule has 0 radical (unpaired) electrons. The third-order valence-corrected chi connectivity index (χ3v) is 4.35. The Morgan fingerprint density at radius 3 is 2.41 bits per heavy atom. The molecule has 1 amide bonds. The lowest BCUT2D eigenvalue weighted by molar-refractivity contribution is -0.385. The number of hydrogen-bond donors (Lipinski definition) is 2. The number of aryl methyl sites for hydroxylation is 2. The molecule has 0 saturated carbocycles. The highest BCUT2D eigenvalue weighted by atomic mass is 16.6. The fraction of sp³-hybridized carbons (Fsp3) is 0.300. The van der Waals surface area contributed by atoms with Crippen LogP contribution < -0.4 is 5.32 Å². The average Bonchev–Trinajstić information content (AvgIpc) is 2.60. The summed E-state index contributed by atoms with van der Waals surface area (Å²) in [6, 6.07) is 11.9. The molecule has 0 heterocycles. The van der Waals surface area contributed by atoms with E-state index in [1.54, 1.807) is 19.9 Å². The first-order valence-electron chi connectivity index (χ1n) is 8.60. The summed E-state index contributed by atoms with van der Waals surface area (Å²) in [5, 5.41) is 23.0. The summed E-state index contributed by atoms with van der Waals surface area (Å²) in [6.07, 6.45) is 0.667. The van der Waals surface area contributed by atoms with E-state index >= 15 is 0 Å². The van der Waals surface area contributed by atoms with E-state index in [0.717, 1.165) is 5.56 Å². The maximum Gasteiger partial charge on any atom is 0.303 e. The van der Waals surface area contributed by atoms with Gasteiger partial charge >= 0.3 is 5.97 Å². The van der Waals surface area contributed by atoms with Gasteiger partial charge in [0.25, 0.3) is 11.6 Å². The minimum atomic E-state index is -0.940. The number of rotatable bonds is 8. The van der Waals surface area contributed by atoms with Crippen LogP contribution in [0.5, 0.6) is 0 Å². The van der Waals surface area contributed by atoms with Gasteiger partial charge in [0, 0.05) is 29.7 Å². The molecule has 0 aliphatic rings. The molecule has 0 aromatic heterocycles. The smallest absolute Gasteiger partial charge is 0.303 e. The predicted octanol–water partition coefficient (Wildman–Crippen LogP) is 3.42. The first-order valence-corrected chi connectivity index (χ1v) is 8.60. The molecule has 1 atom stereocenters. The number of nitro benzene ring substituents is 1. The number of amides is 1. The van der Waals surface area contributed by atoms with Gasteiger partial charge < -0.3 is 10.4 Å². The quantitative estimate of drug-likeness (QED) is 0.546. The second-order valence-corrected chi connectivity index (χ2v) is 6.50. The van der Waals surface area contributed by atoms with Crippen molar-refractivity contribution >= 4 is 17.6 Å². The second-order valence-electron chi connectivity index (χ2n) is 6.50. The second kappa shape index (κ2) is 8.93. The summed E-state index contributed by atoms with van der Waals surface area (Å²) in [4.78, 5) is 34.3. The van der Waals surface area contributed by atoms with Gasteiger partial charge in [0.2, 0.25) is 0 Å². The zero-order valence-corrected chi connectivity index (χ0v) is 15.3. The van der Waals surface area contributed by atoms with Gasteiger partial charge in [0.05, 0.1) is 4.92 Å². The van der Waals surface area contributed by atoms with Crippen LogP contribution in [-0.4, -0.2) is 27.9 Å². The lowest BCUT2D eigenvalue weighted by Crippen LogP contribution is -2.37.